The van der Waals surface area contributed by atoms with E-state index in [0.29, 0.717) is 22.6 Å². The van der Waals surface area contributed by atoms with Crippen molar-refractivity contribution in [1.29, 1.82) is 0 Å². The van der Waals surface area contributed by atoms with E-state index in [4.69, 9.17) is 16.6 Å². The van der Waals surface area contributed by atoms with Crippen LogP contribution in [0, 0.1) is 5.41 Å². The van der Waals surface area contributed by atoms with Crippen LogP contribution in [-0.4, -0.2) is 19.1 Å². The minimum absolute atomic E-state index is 0.0416. The van der Waals surface area contributed by atoms with E-state index in [2.05, 4.69) is 25.8 Å². The van der Waals surface area contributed by atoms with Crippen molar-refractivity contribution in [1.82, 2.24) is 19.1 Å². The second-order valence-corrected chi connectivity index (χ2v) is 7.30. The van der Waals surface area contributed by atoms with Gasteiger partial charge in [0.05, 0.1) is 12.0 Å². The molecule has 2 aromatic heterocycles. The Morgan fingerprint density at radius 1 is 1.21 bits per heavy atom. The highest BCUT2D eigenvalue weighted by molar-refractivity contribution is 6.30. The summed E-state index contributed by atoms with van der Waals surface area (Å²) in [5.41, 5.74) is 1.65. The molecule has 6 heteroatoms. The molecule has 0 aliphatic carbocycles. The van der Waals surface area contributed by atoms with Gasteiger partial charge in [0.25, 0.3) is 5.56 Å². The third-order valence-corrected chi connectivity index (χ3v) is 4.74. The molecule has 0 fully saturated rings. The van der Waals surface area contributed by atoms with Crippen molar-refractivity contribution < 1.29 is 0 Å². The molecular weight excluding hydrogens is 324 g/mol. The number of halogens is 1. The van der Waals surface area contributed by atoms with Crippen molar-refractivity contribution >= 4 is 22.8 Å². The molecule has 126 valence electrons. The largest absolute Gasteiger partial charge is 0.318 e. The van der Waals surface area contributed by atoms with Gasteiger partial charge in [-0.15, -0.1) is 0 Å². The van der Waals surface area contributed by atoms with Gasteiger partial charge in [-0.3, -0.25) is 9.36 Å². The fourth-order valence-corrected chi connectivity index (χ4v) is 2.76. The molecule has 0 atom stereocenters. The standard InChI is InChI=1S/C18H21ClN4O/c1-5-18(2,3)10-14-21-16-15(20-11-22(16)4)17(24)23(14)13-8-6-12(19)7-9-13/h6-9,11H,5,10H2,1-4H3. The van der Waals surface area contributed by atoms with Crippen LogP contribution in [0.25, 0.3) is 16.9 Å². The SMILES string of the molecule is CCC(C)(C)Cc1nc2c(ncn2C)c(=O)n1-c1ccc(Cl)cc1. The van der Waals surface area contributed by atoms with Gasteiger partial charge < -0.3 is 4.57 Å². The predicted molar refractivity (Wildman–Crippen MR) is 96.9 cm³/mol. The highest BCUT2D eigenvalue weighted by Gasteiger charge is 2.22. The van der Waals surface area contributed by atoms with Crippen molar-refractivity contribution in [2.45, 2.75) is 33.6 Å². The molecule has 24 heavy (non-hydrogen) atoms. The van der Waals surface area contributed by atoms with Crippen LogP contribution >= 0.6 is 11.6 Å². The predicted octanol–water partition coefficient (Wildman–Crippen LogP) is 3.75. The number of benzene rings is 1. The van der Waals surface area contributed by atoms with Gasteiger partial charge in [-0.2, -0.15) is 0 Å². The van der Waals surface area contributed by atoms with Gasteiger partial charge >= 0.3 is 0 Å². The summed E-state index contributed by atoms with van der Waals surface area (Å²) in [5.74, 6) is 0.741. The minimum Gasteiger partial charge on any atom is -0.318 e. The van der Waals surface area contributed by atoms with E-state index >= 15 is 0 Å². The number of rotatable bonds is 4. The highest BCUT2D eigenvalue weighted by atomic mass is 35.5. The second-order valence-electron chi connectivity index (χ2n) is 6.87. The Hall–Kier alpha value is -2.14. The number of hydrogen-bond donors (Lipinski definition) is 0. The maximum absolute atomic E-state index is 13.0. The van der Waals surface area contributed by atoms with E-state index in [9.17, 15) is 4.79 Å². The quantitative estimate of drug-likeness (QED) is 0.724. The Balaban J connectivity index is 2.30. The van der Waals surface area contributed by atoms with Gasteiger partial charge in [0.2, 0.25) is 0 Å². The molecule has 1 aromatic carbocycles. The second kappa shape index (κ2) is 6.06. The third kappa shape index (κ3) is 2.96. The molecule has 0 aliphatic heterocycles. The number of nitrogens with zero attached hydrogens (tertiary/aromatic N) is 4. The van der Waals surface area contributed by atoms with E-state index in [1.807, 2.05) is 19.2 Å². The summed E-state index contributed by atoms with van der Waals surface area (Å²) < 4.78 is 3.44. The first-order chi connectivity index (χ1) is 11.3. The molecule has 0 bridgehead atoms. The smallest absolute Gasteiger partial charge is 0.286 e. The van der Waals surface area contributed by atoms with Crippen LogP contribution in [0.1, 0.15) is 33.0 Å². The maximum Gasteiger partial charge on any atom is 0.286 e. The first-order valence-electron chi connectivity index (χ1n) is 8.01. The van der Waals surface area contributed by atoms with Gasteiger partial charge in [0.1, 0.15) is 5.82 Å². The summed E-state index contributed by atoms with van der Waals surface area (Å²) in [7, 11) is 1.85. The van der Waals surface area contributed by atoms with Gasteiger partial charge in [0, 0.05) is 18.5 Å². The van der Waals surface area contributed by atoms with E-state index < -0.39 is 0 Å². The van der Waals surface area contributed by atoms with Crippen LogP contribution in [0.5, 0.6) is 0 Å². The summed E-state index contributed by atoms with van der Waals surface area (Å²) in [6, 6.07) is 7.23. The molecular formula is C18H21ClN4O. The molecule has 0 saturated carbocycles. The van der Waals surface area contributed by atoms with E-state index in [1.54, 1.807) is 27.6 Å². The van der Waals surface area contributed by atoms with Crippen LogP contribution in [0.4, 0.5) is 0 Å². The molecule has 0 amide bonds. The van der Waals surface area contributed by atoms with Crippen LogP contribution in [-0.2, 0) is 13.5 Å². The Morgan fingerprint density at radius 2 is 1.88 bits per heavy atom. The molecule has 0 spiro atoms. The lowest BCUT2D eigenvalue weighted by Gasteiger charge is -2.24. The molecule has 0 aliphatic rings. The summed E-state index contributed by atoms with van der Waals surface area (Å²) >= 11 is 5.99. The lowest BCUT2D eigenvalue weighted by molar-refractivity contribution is 0.338. The lowest BCUT2D eigenvalue weighted by Crippen LogP contribution is -2.27. The monoisotopic (exact) mass is 344 g/mol. The Bertz CT molecular complexity index is 938. The molecule has 5 nitrogen and oxygen atoms in total. The van der Waals surface area contributed by atoms with Crippen molar-refractivity contribution in [3.05, 3.63) is 51.8 Å². The minimum atomic E-state index is -0.148. The normalized spacial score (nSPS) is 12.0. The van der Waals surface area contributed by atoms with Crippen molar-refractivity contribution in [3.63, 3.8) is 0 Å². The average Bonchev–Trinajstić information content (AvgIpc) is 2.90. The fraction of sp³-hybridized carbons (Fsp3) is 0.389. The third-order valence-electron chi connectivity index (χ3n) is 4.48. The Kier molecular flexibility index (Phi) is 4.22. The maximum atomic E-state index is 13.0. The first kappa shape index (κ1) is 16.7. The summed E-state index contributed by atoms with van der Waals surface area (Å²) in [5, 5.41) is 0.633. The Labute approximate surface area is 145 Å². The van der Waals surface area contributed by atoms with Crippen LogP contribution < -0.4 is 5.56 Å². The summed E-state index contributed by atoms with van der Waals surface area (Å²) in [6.07, 6.45) is 3.31. The zero-order valence-electron chi connectivity index (χ0n) is 14.4. The highest BCUT2D eigenvalue weighted by Crippen LogP contribution is 2.26. The zero-order valence-corrected chi connectivity index (χ0v) is 15.1. The molecule has 3 aromatic rings. The van der Waals surface area contributed by atoms with Crippen LogP contribution in [0.15, 0.2) is 35.4 Å². The summed E-state index contributed by atoms with van der Waals surface area (Å²) in [4.78, 5) is 22.0. The first-order valence-corrected chi connectivity index (χ1v) is 8.39. The lowest BCUT2D eigenvalue weighted by atomic mass is 9.86. The van der Waals surface area contributed by atoms with Crippen molar-refractivity contribution in [3.8, 4) is 5.69 Å². The number of fused-ring (bicyclic) bond motifs is 1. The molecule has 0 N–H and O–H groups in total. The zero-order chi connectivity index (χ0) is 17.5. The molecule has 0 unspecified atom stereocenters. The van der Waals surface area contributed by atoms with Gasteiger partial charge in [0.15, 0.2) is 11.2 Å². The van der Waals surface area contributed by atoms with Crippen molar-refractivity contribution in [2.24, 2.45) is 12.5 Å². The van der Waals surface area contributed by atoms with Crippen LogP contribution in [0.3, 0.4) is 0 Å². The molecule has 0 radical (unpaired) electrons. The van der Waals surface area contributed by atoms with E-state index in [1.165, 1.54) is 0 Å². The summed E-state index contributed by atoms with van der Waals surface area (Å²) in [6.45, 7) is 6.50. The number of aryl methyl sites for hydroxylation is 1. The fourth-order valence-electron chi connectivity index (χ4n) is 2.63. The number of aromatic nitrogens is 4. The van der Waals surface area contributed by atoms with Gasteiger partial charge in [-0.05, 0) is 29.7 Å². The molecule has 0 saturated heterocycles. The van der Waals surface area contributed by atoms with E-state index in [-0.39, 0.29) is 11.0 Å². The molecule has 2 heterocycles. The van der Waals surface area contributed by atoms with Gasteiger partial charge in [-0.1, -0.05) is 38.8 Å². The topological polar surface area (TPSA) is 52.7 Å². The molecule has 3 rings (SSSR count). The van der Waals surface area contributed by atoms with Gasteiger partial charge in [-0.25, -0.2) is 9.97 Å². The van der Waals surface area contributed by atoms with E-state index in [0.717, 1.165) is 17.9 Å². The number of hydrogen-bond acceptors (Lipinski definition) is 3. The number of imidazole rings is 1. The average molecular weight is 345 g/mol. The van der Waals surface area contributed by atoms with Crippen molar-refractivity contribution in [2.75, 3.05) is 0 Å². The Morgan fingerprint density at radius 3 is 2.50 bits per heavy atom. The van der Waals surface area contributed by atoms with Crippen LogP contribution in [0.2, 0.25) is 5.02 Å².